The highest BCUT2D eigenvalue weighted by Gasteiger charge is 2.53. The molecule has 0 radical (unpaired) electrons. The molecule has 1 unspecified atom stereocenters. The van der Waals surface area contributed by atoms with E-state index in [-0.39, 0.29) is 27.8 Å². The van der Waals surface area contributed by atoms with Crippen LogP contribution in [0, 0.1) is 21.7 Å². The van der Waals surface area contributed by atoms with E-state index >= 15 is 0 Å². The molecule has 0 amide bonds. The lowest BCUT2D eigenvalue weighted by molar-refractivity contribution is -0.193. The Morgan fingerprint density at radius 1 is 0.870 bits per heavy atom. The summed E-state index contributed by atoms with van der Waals surface area (Å²) in [5.41, 5.74) is -0.832. The van der Waals surface area contributed by atoms with Crippen molar-refractivity contribution in [2.75, 3.05) is 0 Å². The first-order valence-electron chi connectivity index (χ1n) is 9.28. The fourth-order valence-electron chi connectivity index (χ4n) is 3.95. The van der Waals surface area contributed by atoms with Gasteiger partial charge in [-0.1, -0.05) is 62.3 Å². The van der Waals surface area contributed by atoms with Crippen molar-refractivity contribution in [3.63, 3.8) is 0 Å². The van der Waals surface area contributed by atoms with Crippen molar-refractivity contribution in [2.24, 2.45) is 21.7 Å². The number of rotatable bonds is 3. The van der Waals surface area contributed by atoms with Crippen molar-refractivity contribution in [1.82, 2.24) is 0 Å². The van der Waals surface area contributed by atoms with Crippen LogP contribution in [0.5, 0.6) is 0 Å². The molecular formula is C21H40O2. The minimum absolute atomic E-state index is 0.00301. The van der Waals surface area contributed by atoms with Gasteiger partial charge in [0, 0.05) is 5.41 Å². The molecule has 0 N–H and O–H groups in total. The van der Waals surface area contributed by atoms with Crippen molar-refractivity contribution in [3.05, 3.63) is 0 Å². The Labute approximate surface area is 144 Å². The van der Waals surface area contributed by atoms with Crippen LogP contribution in [0.4, 0.5) is 0 Å². The maximum atomic E-state index is 13.4. The van der Waals surface area contributed by atoms with Gasteiger partial charge in [0.25, 0.3) is 0 Å². The number of carbonyl (C=O) groups excluding carboxylic acids is 1. The molecule has 1 fully saturated rings. The average molecular weight is 325 g/mol. The Bertz CT molecular complexity index is 422. The van der Waals surface area contributed by atoms with Gasteiger partial charge >= 0.3 is 5.97 Å². The second kappa shape index (κ2) is 6.08. The molecule has 0 aromatic rings. The Kier molecular flexibility index (Phi) is 5.42. The van der Waals surface area contributed by atoms with Crippen LogP contribution in [0.1, 0.15) is 101 Å². The number of esters is 1. The first kappa shape index (κ1) is 20.5. The topological polar surface area (TPSA) is 26.3 Å². The largest absolute Gasteiger partial charge is 0.458 e. The van der Waals surface area contributed by atoms with Gasteiger partial charge in [0.05, 0.1) is 5.41 Å². The van der Waals surface area contributed by atoms with Gasteiger partial charge in [-0.2, -0.15) is 0 Å². The Morgan fingerprint density at radius 3 is 1.61 bits per heavy atom. The molecule has 23 heavy (non-hydrogen) atoms. The summed E-state index contributed by atoms with van der Waals surface area (Å²) in [6.07, 6.45) is 5.16. The normalized spacial score (nSPS) is 21.8. The molecule has 136 valence electrons. The van der Waals surface area contributed by atoms with E-state index < -0.39 is 5.41 Å². The zero-order chi connectivity index (χ0) is 18.3. The monoisotopic (exact) mass is 324 g/mol. The molecule has 1 saturated carbocycles. The minimum Gasteiger partial charge on any atom is -0.458 e. The first-order valence-corrected chi connectivity index (χ1v) is 9.28. The van der Waals surface area contributed by atoms with E-state index in [0.29, 0.717) is 0 Å². The third-order valence-corrected chi connectivity index (χ3v) is 6.06. The summed E-state index contributed by atoms with van der Waals surface area (Å²) >= 11 is 0. The highest BCUT2D eigenvalue weighted by atomic mass is 16.6. The highest BCUT2D eigenvalue weighted by molar-refractivity contribution is 5.78. The maximum Gasteiger partial charge on any atom is 0.312 e. The second-order valence-electron chi connectivity index (χ2n) is 11.2. The van der Waals surface area contributed by atoms with Crippen molar-refractivity contribution in [3.8, 4) is 0 Å². The molecule has 0 spiro atoms. The molecule has 1 aliphatic carbocycles. The molecular weight excluding hydrogens is 284 g/mol. The standard InChI is InChI=1S/C21H40O2/c1-17(2,3)15-20(10,18(4,5)6)16(22)23-21(19(7,8)9)13-11-12-14-21/h11-15H2,1-10H3. The van der Waals surface area contributed by atoms with Crippen LogP contribution in [0.15, 0.2) is 0 Å². The van der Waals surface area contributed by atoms with Crippen LogP contribution >= 0.6 is 0 Å². The van der Waals surface area contributed by atoms with Crippen LogP contribution < -0.4 is 0 Å². The fourth-order valence-corrected chi connectivity index (χ4v) is 3.95. The molecule has 0 aromatic carbocycles. The Morgan fingerprint density at radius 2 is 1.30 bits per heavy atom. The predicted molar refractivity (Wildman–Crippen MR) is 98.4 cm³/mol. The van der Waals surface area contributed by atoms with Crippen LogP contribution in [0.2, 0.25) is 0 Å². The van der Waals surface area contributed by atoms with E-state index in [4.69, 9.17) is 4.74 Å². The highest BCUT2D eigenvalue weighted by Crippen LogP contribution is 2.52. The SMILES string of the molecule is CC(C)(C)CC(C)(C(=O)OC1(C(C)(C)C)CCCC1)C(C)(C)C. The lowest BCUT2D eigenvalue weighted by Crippen LogP contribution is -2.51. The van der Waals surface area contributed by atoms with Crippen molar-refractivity contribution in [1.29, 1.82) is 0 Å². The Hall–Kier alpha value is -0.530. The van der Waals surface area contributed by atoms with Crippen LogP contribution in [-0.2, 0) is 9.53 Å². The summed E-state index contributed by atoms with van der Waals surface area (Å²) in [6, 6.07) is 0. The van der Waals surface area contributed by atoms with Gasteiger partial charge < -0.3 is 4.74 Å². The molecule has 0 saturated heterocycles. The van der Waals surface area contributed by atoms with E-state index in [1.165, 1.54) is 0 Å². The predicted octanol–water partition coefficient (Wildman–Crippen LogP) is 6.38. The van der Waals surface area contributed by atoms with Gasteiger partial charge in [0.1, 0.15) is 5.60 Å². The van der Waals surface area contributed by atoms with E-state index in [0.717, 1.165) is 32.1 Å². The summed E-state index contributed by atoms with van der Waals surface area (Å²) in [6.45, 7) is 21.9. The zero-order valence-corrected chi connectivity index (χ0v) is 17.4. The number of hydrogen-bond donors (Lipinski definition) is 0. The summed E-state index contributed by atoms with van der Waals surface area (Å²) in [7, 11) is 0. The Balaban J connectivity index is 3.16. The van der Waals surface area contributed by atoms with E-state index in [9.17, 15) is 4.79 Å². The van der Waals surface area contributed by atoms with Gasteiger partial charge in [0.2, 0.25) is 0 Å². The first-order chi connectivity index (χ1) is 10.0. The molecule has 2 heteroatoms. The number of ether oxygens (including phenoxy) is 1. The lowest BCUT2D eigenvalue weighted by Gasteiger charge is -2.48. The van der Waals surface area contributed by atoms with E-state index in [2.05, 4.69) is 69.2 Å². The molecule has 2 nitrogen and oxygen atoms in total. The zero-order valence-electron chi connectivity index (χ0n) is 17.4. The van der Waals surface area contributed by atoms with Crippen molar-refractivity contribution < 1.29 is 9.53 Å². The average Bonchev–Trinajstić information content (AvgIpc) is 2.73. The molecule has 0 aliphatic heterocycles. The molecule has 0 aromatic heterocycles. The third kappa shape index (κ3) is 4.31. The van der Waals surface area contributed by atoms with Crippen molar-refractivity contribution >= 4 is 5.97 Å². The molecule has 0 bridgehead atoms. The van der Waals surface area contributed by atoms with Crippen molar-refractivity contribution in [2.45, 2.75) is 107 Å². The second-order valence-corrected chi connectivity index (χ2v) is 11.2. The summed E-state index contributed by atoms with van der Waals surface area (Å²) in [5, 5.41) is 0. The molecule has 1 aliphatic rings. The van der Waals surface area contributed by atoms with Gasteiger partial charge in [-0.25, -0.2) is 0 Å². The summed E-state index contributed by atoms with van der Waals surface area (Å²) in [5.74, 6) is -0.00301. The maximum absolute atomic E-state index is 13.4. The minimum atomic E-state index is -0.480. The molecule has 0 heterocycles. The van der Waals surface area contributed by atoms with Gasteiger partial charge in [-0.05, 0) is 49.9 Å². The van der Waals surface area contributed by atoms with Gasteiger partial charge in [-0.3, -0.25) is 4.79 Å². The quantitative estimate of drug-likeness (QED) is 0.563. The summed E-state index contributed by atoms with van der Waals surface area (Å²) < 4.78 is 6.36. The van der Waals surface area contributed by atoms with Crippen LogP contribution in [0.3, 0.4) is 0 Å². The smallest absolute Gasteiger partial charge is 0.312 e. The number of carbonyl (C=O) groups is 1. The summed E-state index contributed by atoms with van der Waals surface area (Å²) in [4.78, 5) is 13.4. The van der Waals surface area contributed by atoms with Crippen LogP contribution in [-0.4, -0.2) is 11.6 Å². The van der Waals surface area contributed by atoms with E-state index in [1.807, 2.05) is 0 Å². The molecule has 1 rings (SSSR count). The van der Waals surface area contributed by atoms with Gasteiger partial charge in [-0.15, -0.1) is 0 Å². The van der Waals surface area contributed by atoms with Gasteiger partial charge in [0.15, 0.2) is 0 Å². The lowest BCUT2D eigenvalue weighted by atomic mass is 9.61. The molecule has 1 atom stereocenters. The number of hydrogen-bond acceptors (Lipinski definition) is 2. The van der Waals surface area contributed by atoms with Crippen LogP contribution in [0.25, 0.3) is 0 Å². The fraction of sp³-hybridized carbons (Fsp3) is 0.952. The van der Waals surface area contributed by atoms with E-state index in [1.54, 1.807) is 0 Å². The third-order valence-electron chi connectivity index (χ3n) is 6.06.